The van der Waals surface area contributed by atoms with E-state index in [1.54, 1.807) is 18.0 Å². The van der Waals surface area contributed by atoms with Crippen molar-refractivity contribution in [2.24, 2.45) is 0 Å². The van der Waals surface area contributed by atoms with Gasteiger partial charge in [-0.2, -0.15) is 10.5 Å². The van der Waals surface area contributed by atoms with Gasteiger partial charge in [-0.25, -0.2) is 18.7 Å². The Labute approximate surface area is 246 Å². The molecule has 2 aliphatic carbocycles. The van der Waals surface area contributed by atoms with Crippen LogP contribution in [0.3, 0.4) is 0 Å². The van der Waals surface area contributed by atoms with Crippen LogP contribution in [0, 0.1) is 34.3 Å². The first-order valence-corrected chi connectivity index (χ1v) is 13.8. The first-order chi connectivity index (χ1) is 19.8. The summed E-state index contributed by atoms with van der Waals surface area (Å²) in [7, 11) is 1.77. The van der Waals surface area contributed by atoms with Crippen molar-refractivity contribution < 1.29 is 8.78 Å². The zero-order valence-electron chi connectivity index (χ0n) is 22.1. The van der Waals surface area contributed by atoms with Gasteiger partial charge in [0.25, 0.3) is 0 Å². The molecule has 2 aromatic carbocycles. The number of aryl methyl sites for hydroxylation is 2. The number of hydrogen-bond donors (Lipinski definition) is 1. The molecule has 6 nitrogen and oxygen atoms in total. The highest BCUT2D eigenvalue weighted by molar-refractivity contribution is 6.31. The lowest BCUT2D eigenvalue weighted by atomic mass is 10.1. The number of benzene rings is 2. The molecule has 0 atom stereocenters. The van der Waals surface area contributed by atoms with Crippen molar-refractivity contribution in [2.75, 3.05) is 17.3 Å². The molecule has 0 aliphatic heterocycles. The monoisotopic (exact) mass is 588 g/mol. The third kappa shape index (κ3) is 5.81. The maximum Gasteiger partial charge on any atom is 0.170 e. The van der Waals surface area contributed by atoms with Crippen LogP contribution in [0.5, 0.6) is 0 Å². The van der Waals surface area contributed by atoms with E-state index in [4.69, 9.17) is 33.7 Å². The van der Waals surface area contributed by atoms with Crippen LogP contribution in [0.4, 0.5) is 31.8 Å². The van der Waals surface area contributed by atoms with E-state index in [2.05, 4.69) is 27.4 Å². The second-order valence-electron chi connectivity index (χ2n) is 9.76. The number of rotatable bonds is 4. The molecule has 2 heterocycles. The van der Waals surface area contributed by atoms with Gasteiger partial charge in [-0.1, -0.05) is 47.5 Å². The summed E-state index contributed by atoms with van der Waals surface area (Å²) >= 11 is 11.8. The van der Waals surface area contributed by atoms with Gasteiger partial charge in [0.2, 0.25) is 0 Å². The van der Waals surface area contributed by atoms with Crippen LogP contribution in [-0.4, -0.2) is 17.0 Å². The van der Waals surface area contributed by atoms with E-state index in [-0.39, 0.29) is 33.1 Å². The minimum absolute atomic E-state index is 0.00368. The predicted octanol–water partition coefficient (Wildman–Crippen LogP) is 7.98. The number of nitrogens with zero attached hydrogens (tertiary/aromatic N) is 5. The number of fused-ring (bicyclic) bond motifs is 2. The van der Waals surface area contributed by atoms with Gasteiger partial charge in [-0.15, -0.1) is 0 Å². The Balaban J connectivity index is 0.000000165. The second kappa shape index (κ2) is 12.1. The number of nitriles is 2. The summed E-state index contributed by atoms with van der Waals surface area (Å²) in [6, 6.07) is 17.8. The Morgan fingerprint density at radius 2 is 1.39 bits per heavy atom. The van der Waals surface area contributed by atoms with Gasteiger partial charge < -0.3 is 10.2 Å². The zero-order valence-corrected chi connectivity index (χ0v) is 23.6. The van der Waals surface area contributed by atoms with Crippen LogP contribution < -0.4 is 10.2 Å². The van der Waals surface area contributed by atoms with Crippen molar-refractivity contribution in [3.63, 3.8) is 0 Å². The van der Waals surface area contributed by atoms with Crippen LogP contribution in [-0.2, 0) is 25.7 Å². The average Bonchev–Trinajstić information content (AvgIpc) is 3.66. The molecule has 0 radical (unpaired) electrons. The van der Waals surface area contributed by atoms with E-state index in [9.17, 15) is 8.78 Å². The number of aromatic nitrogens is 2. The minimum atomic E-state index is -0.582. The maximum absolute atomic E-state index is 14.2. The van der Waals surface area contributed by atoms with Gasteiger partial charge in [0.1, 0.15) is 22.4 Å². The summed E-state index contributed by atoms with van der Waals surface area (Å²) in [5.74, 6) is -0.941. The van der Waals surface area contributed by atoms with Crippen molar-refractivity contribution in [1.29, 1.82) is 10.5 Å². The van der Waals surface area contributed by atoms with Gasteiger partial charge in [-0.3, -0.25) is 0 Å². The fourth-order valence-electron chi connectivity index (χ4n) is 5.30. The molecular formula is C31H24Cl2F2N6. The average molecular weight is 589 g/mol. The van der Waals surface area contributed by atoms with Gasteiger partial charge in [0, 0.05) is 18.4 Å². The van der Waals surface area contributed by atoms with E-state index in [0.29, 0.717) is 0 Å². The quantitative estimate of drug-likeness (QED) is 0.243. The normalized spacial score (nSPS) is 12.9. The second-order valence-corrected chi connectivity index (χ2v) is 10.5. The molecule has 0 amide bonds. The van der Waals surface area contributed by atoms with Crippen LogP contribution in [0.2, 0.25) is 10.3 Å². The van der Waals surface area contributed by atoms with Crippen molar-refractivity contribution in [2.45, 2.75) is 38.5 Å². The Hall–Kier alpha value is -4.24. The molecule has 206 valence electrons. The van der Waals surface area contributed by atoms with Crippen molar-refractivity contribution in [3.8, 4) is 12.1 Å². The Kier molecular flexibility index (Phi) is 8.35. The lowest BCUT2D eigenvalue weighted by Gasteiger charge is -2.22. The molecule has 2 aromatic heterocycles. The molecule has 4 aromatic rings. The Bertz CT molecular complexity index is 1730. The molecule has 10 heteroatoms. The van der Waals surface area contributed by atoms with Crippen LogP contribution in [0.1, 0.15) is 46.2 Å². The van der Waals surface area contributed by atoms with E-state index in [1.165, 1.54) is 22.3 Å². The first kappa shape index (κ1) is 28.3. The summed E-state index contributed by atoms with van der Waals surface area (Å²) in [6.45, 7) is 0. The van der Waals surface area contributed by atoms with E-state index in [1.807, 2.05) is 30.3 Å². The summed E-state index contributed by atoms with van der Waals surface area (Å²) < 4.78 is 28.1. The van der Waals surface area contributed by atoms with Gasteiger partial charge in [0.05, 0.1) is 11.1 Å². The number of pyridine rings is 2. The van der Waals surface area contributed by atoms with Crippen molar-refractivity contribution in [3.05, 3.63) is 104 Å². The summed E-state index contributed by atoms with van der Waals surface area (Å²) in [5, 5.41) is 20.7. The molecule has 6 rings (SSSR count). The van der Waals surface area contributed by atoms with Gasteiger partial charge >= 0.3 is 0 Å². The van der Waals surface area contributed by atoms with Crippen molar-refractivity contribution in [1.82, 2.24) is 9.97 Å². The summed E-state index contributed by atoms with van der Waals surface area (Å²) in [5.41, 5.74) is 6.91. The van der Waals surface area contributed by atoms with E-state index < -0.39 is 11.6 Å². The number of anilines is 4. The fourth-order valence-corrected chi connectivity index (χ4v) is 5.65. The third-order valence-corrected chi connectivity index (χ3v) is 7.86. The topological polar surface area (TPSA) is 88.6 Å². The SMILES string of the molecule is CN(c1cccc2c1CCC2)c1nc(Cl)c(C#N)cc1F.N#Cc1cc(F)c(Nc2cccc3c2CCC3)nc1Cl. The van der Waals surface area contributed by atoms with Crippen LogP contribution >= 0.6 is 23.2 Å². The summed E-state index contributed by atoms with van der Waals surface area (Å²) in [4.78, 5) is 9.66. The molecular weight excluding hydrogens is 565 g/mol. The number of hydrogen-bond acceptors (Lipinski definition) is 6. The smallest absolute Gasteiger partial charge is 0.170 e. The molecule has 0 bridgehead atoms. The maximum atomic E-state index is 14.2. The minimum Gasteiger partial charge on any atom is -0.337 e. The number of halogens is 4. The standard InChI is InChI=1S/C16H13ClFN3.C15H11ClFN3/c1-21(14-7-3-5-10-4-2-6-12(10)14)16-13(18)8-11(9-19)15(17)20-16;16-14-10(8-18)7-12(17)15(20-14)19-13-6-2-4-9-3-1-5-11(9)13/h3,5,7-8H,2,4,6H2,1H3;2,4,6-7H,1,3,5H2,(H,19,20). The highest BCUT2D eigenvalue weighted by Crippen LogP contribution is 2.35. The molecule has 0 unspecified atom stereocenters. The molecule has 0 saturated carbocycles. The molecule has 0 saturated heterocycles. The Morgan fingerprint density at radius 1 is 0.805 bits per heavy atom. The van der Waals surface area contributed by atoms with Gasteiger partial charge in [-0.05, 0) is 85.0 Å². The van der Waals surface area contributed by atoms with Crippen LogP contribution in [0.25, 0.3) is 0 Å². The van der Waals surface area contributed by atoms with Gasteiger partial charge in [0.15, 0.2) is 23.3 Å². The molecule has 0 spiro atoms. The third-order valence-electron chi connectivity index (χ3n) is 7.28. The highest BCUT2D eigenvalue weighted by atomic mass is 35.5. The Morgan fingerprint density at radius 3 is 2.07 bits per heavy atom. The molecule has 2 aliphatic rings. The molecule has 41 heavy (non-hydrogen) atoms. The highest BCUT2D eigenvalue weighted by Gasteiger charge is 2.21. The predicted molar refractivity (Wildman–Crippen MR) is 156 cm³/mol. The number of nitrogens with one attached hydrogen (secondary N) is 1. The summed E-state index contributed by atoms with van der Waals surface area (Å²) in [6.07, 6.45) is 6.30. The molecule has 1 N–H and O–H groups in total. The van der Waals surface area contributed by atoms with E-state index in [0.717, 1.165) is 62.0 Å². The first-order valence-electron chi connectivity index (χ1n) is 13.0. The lowest BCUT2D eigenvalue weighted by Crippen LogP contribution is -2.15. The zero-order chi connectivity index (χ0) is 29.1. The van der Waals surface area contributed by atoms with E-state index >= 15 is 0 Å². The van der Waals surface area contributed by atoms with Crippen molar-refractivity contribution >= 4 is 46.2 Å². The fraction of sp³-hybridized carbons (Fsp3) is 0.226. The molecule has 0 fully saturated rings. The largest absolute Gasteiger partial charge is 0.337 e. The van der Waals surface area contributed by atoms with Crippen LogP contribution in [0.15, 0.2) is 48.5 Å². The lowest BCUT2D eigenvalue weighted by molar-refractivity contribution is 0.620.